The van der Waals surface area contributed by atoms with Gasteiger partial charge in [-0.3, -0.25) is 9.59 Å². The number of amides is 1. The van der Waals surface area contributed by atoms with Crippen LogP contribution in [0.15, 0.2) is 47.1 Å². The van der Waals surface area contributed by atoms with E-state index < -0.39 is 25.1 Å². The number of aryl methyl sites for hydroxylation is 2. The molecule has 1 heterocycles. The lowest BCUT2D eigenvalue weighted by Crippen LogP contribution is -2.22. The molecule has 8 heteroatoms. The fourth-order valence-electron chi connectivity index (χ4n) is 2.78. The van der Waals surface area contributed by atoms with E-state index in [1.807, 2.05) is 26.0 Å². The SMILES string of the molecule is Cc1cc2occ(CC(=O)OCC(=O)Nc3ccccc3OC(F)F)c2cc1C. The number of hydrogen-bond acceptors (Lipinski definition) is 5. The van der Waals surface area contributed by atoms with Crippen molar-refractivity contribution in [2.75, 3.05) is 11.9 Å². The number of ether oxygens (including phenoxy) is 2. The number of fused-ring (bicyclic) bond motifs is 1. The molecule has 1 aromatic heterocycles. The predicted molar refractivity (Wildman–Crippen MR) is 102 cm³/mol. The van der Waals surface area contributed by atoms with E-state index in [1.165, 1.54) is 24.5 Å². The molecule has 152 valence electrons. The minimum atomic E-state index is -3.02. The first-order valence-corrected chi connectivity index (χ1v) is 8.80. The maximum atomic E-state index is 12.4. The summed E-state index contributed by atoms with van der Waals surface area (Å²) in [7, 11) is 0. The summed E-state index contributed by atoms with van der Waals surface area (Å²) >= 11 is 0. The Balaban J connectivity index is 1.57. The average Bonchev–Trinajstić information content (AvgIpc) is 3.03. The fourth-order valence-corrected chi connectivity index (χ4v) is 2.78. The lowest BCUT2D eigenvalue weighted by Gasteiger charge is -2.11. The Hall–Kier alpha value is -3.42. The Bertz CT molecular complexity index is 1040. The number of hydrogen-bond donors (Lipinski definition) is 1. The van der Waals surface area contributed by atoms with Crippen molar-refractivity contribution in [1.29, 1.82) is 0 Å². The summed E-state index contributed by atoms with van der Waals surface area (Å²) in [6, 6.07) is 9.57. The number of carbonyl (C=O) groups is 2. The second-order valence-corrected chi connectivity index (χ2v) is 6.45. The van der Waals surface area contributed by atoms with Gasteiger partial charge in [-0.1, -0.05) is 12.1 Å². The van der Waals surface area contributed by atoms with Gasteiger partial charge in [-0.15, -0.1) is 0 Å². The van der Waals surface area contributed by atoms with Crippen LogP contribution in [0, 0.1) is 13.8 Å². The summed E-state index contributed by atoms with van der Waals surface area (Å²) in [6.07, 6.45) is 1.43. The lowest BCUT2D eigenvalue weighted by atomic mass is 10.0. The van der Waals surface area contributed by atoms with Crippen molar-refractivity contribution in [2.45, 2.75) is 26.9 Å². The van der Waals surface area contributed by atoms with Gasteiger partial charge in [-0.05, 0) is 49.2 Å². The van der Waals surface area contributed by atoms with Gasteiger partial charge in [0, 0.05) is 10.9 Å². The van der Waals surface area contributed by atoms with E-state index in [-0.39, 0.29) is 17.9 Å². The predicted octanol–water partition coefficient (Wildman–Crippen LogP) is 4.38. The molecular weight excluding hydrogens is 384 g/mol. The molecule has 0 fully saturated rings. The quantitative estimate of drug-likeness (QED) is 0.593. The Kier molecular flexibility index (Phi) is 6.11. The van der Waals surface area contributed by atoms with Crippen LogP contribution in [-0.2, 0) is 20.7 Å². The van der Waals surface area contributed by atoms with Crippen molar-refractivity contribution in [3.63, 3.8) is 0 Å². The van der Waals surface area contributed by atoms with Gasteiger partial charge in [0.25, 0.3) is 5.91 Å². The molecule has 29 heavy (non-hydrogen) atoms. The number of furan rings is 1. The molecule has 0 saturated heterocycles. The molecule has 1 N–H and O–H groups in total. The van der Waals surface area contributed by atoms with Crippen LogP contribution in [-0.4, -0.2) is 25.1 Å². The number of anilines is 1. The Morgan fingerprint density at radius 1 is 1.14 bits per heavy atom. The van der Waals surface area contributed by atoms with Gasteiger partial charge in [0.2, 0.25) is 0 Å². The largest absolute Gasteiger partial charge is 0.464 e. The summed E-state index contributed by atoms with van der Waals surface area (Å²) in [6.45, 7) is 0.344. The third-order valence-electron chi connectivity index (χ3n) is 4.35. The van der Waals surface area contributed by atoms with Gasteiger partial charge in [0.1, 0.15) is 11.3 Å². The number of esters is 1. The summed E-state index contributed by atoms with van der Waals surface area (Å²) in [5.41, 5.74) is 3.53. The maximum Gasteiger partial charge on any atom is 0.387 e. The average molecular weight is 403 g/mol. The van der Waals surface area contributed by atoms with E-state index >= 15 is 0 Å². The Morgan fingerprint density at radius 3 is 2.62 bits per heavy atom. The molecule has 0 aliphatic heterocycles. The number of nitrogens with one attached hydrogen (secondary N) is 1. The minimum absolute atomic E-state index is 0.0560. The fraction of sp³-hybridized carbons (Fsp3) is 0.238. The third-order valence-corrected chi connectivity index (χ3v) is 4.35. The zero-order chi connectivity index (χ0) is 21.0. The van der Waals surface area contributed by atoms with Gasteiger partial charge in [-0.25, -0.2) is 0 Å². The highest BCUT2D eigenvalue weighted by Crippen LogP contribution is 2.26. The third kappa shape index (κ3) is 5.10. The molecule has 0 aliphatic carbocycles. The Labute approximate surface area is 165 Å². The lowest BCUT2D eigenvalue weighted by molar-refractivity contribution is -0.146. The zero-order valence-corrected chi connectivity index (χ0v) is 15.8. The van der Waals surface area contributed by atoms with Crippen molar-refractivity contribution >= 4 is 28.5 Å². The van der Waals surface area contributed by atoms with Crippen LogP contribution < -0.4 is 10.1 Å². The number of para-hydroxylation sites is 2. The van der Waals surface area contributed by atoms with Gasteiger partial charge >= 0.3 is 12.6 Å². The molecule has 6 nitrogen and oxygen atoms in total. The van der Waals surface area contributed by atoms with Gasteiger partial charge < -0.3 is 19.2 Å². The zero-order valence-electron chi connectivity index (χ0n) is 15.8. The van der Waals surface area contributed by atoms with Crippen LogP contribution in [0.3, 0.4) is 0 Å². The summed E-state index contributed by atoms with van der Waals surface area (Å²) < 4.78 is 39.6. The second-order valence-electron chi connectivity index (χ2n) is 6.45. The standard InChI is InChI=1S/C21H19F2NO5/c1-12-7-15-14(10-27-18(15)8-13(12)2)9-20(26)28-11-19(25)24-16-5-3-4-6-17(16)29-21(22)23/h3-8,10,21H,9,11H2,1-2H3,(H,24,25). The van der Waals surface area contributed by atoms with Gasteiger partial charge in [0.15, 0.2) is 6.61 Å². The molecule has 0 aliphatic rings. The van der Waals surface area contributed by atoms with Gasteiger partial charge in [0.05, 0.1) is 18.4 Å². The van der Waals surface area contributed by atoms with E-state index in [2.05, 4.69) is 10.1 Å². The maximum absolute atomic E-state index is 12.4. The van der Waals surface area contributed by atoms with Crippen LogP contribution in [0.4, 0.5) is 14.5 Å². The van der Waals surface area contributed by atoms with E-state index in [9.17, 15) is 18.4 Å². The molecule has 0 spiro atoms. The first-order chi connectivity index (χ1) is 13.8. The topological polar surface area (TPSA) is 77.8 Å². The number of rotatable bonds is 7. The molecular formula is C21H19F2NO5. The van der Waals surface area contributed by atoms with Crippen LogP contribution in [0.2, 0.25) is 0 Å². The molecule has 0 unspecified atom stereocenters. The number of benzene rings is 2. The molecule has 2 aromatic carbocycles. The molecule has 0 radical (unpaired) electrons. The molecule has 0 bridgehead atoms. The van der Waals surface area contributed by atoms with Crippen molar-refractivity contribution in [2.24, 2.45) is 0 Å². The van der Waals surface area contributed by atoms with Crippen LogP contribution in [0.5, 0.6) is 5.75 Å². The van der Waals surface area contributed by atoms with Gasteiger partial charge in [-0.2, -0.15) is 8.78 Å². The van der Waals surface area contributed by atoms with E-state index in [0.29, 0.717) is 11.1 Å². The van der Waals surface area contributed by atoms with E-state index in [0.717, 1.165) is 16.5 Å². The highest BCUT2D eigenvalue weighted by molar-refractivity contribution is 5.94. The molecule has 3 rings (SSSR count). The smallest absolute Gasteiger partial charge is 0.387 e. The van der Waals surface area contributed by atoms with E-state index in [1.54, 1.807) is 6.07 Å². The summed E-state index contributed by atoms with van der Waals surface area (Å²) in [4.78, 5) is 24.1. The minimum Gasteiger partial charge on any atom is -0.464 e. The van der Waals surface area contributed by atoms with Crippen molar-refractivity contribution < 1.29 is 32.3 Å². The summed E-state index contributed by atoms with van der Waals surface area (Å²) in [5.74, 6) is -1.47. The van der Waals surface area contributed by atoms with Crippen LogP contribution >= 0.6 is 0 Å². The number of alkyl halides is 2. The van der Waals surface area contributed by atoms with E-state index in [4.69, 9.17) is 9.15 Å². The molecule has 3 aromatic rings. The first kappa shape index (κ1) is 20.3. The van der Waals surface area contributed by atoms with Crippen molar-refractivity contribution in [3.8, 4) is 5.75 Å². The van der Waals surface area contributed by atoms with Crippen molar-refractivity contribution in [3.05, 3.63) is 59.4 Å². The molecule has 0 atom stereocenters. The normalized spacial score (nSPS) is 10.9. The number of halogens is 2. The summed E-state index contributed by atoms with van der Waals surface area (Å²) in [5, 5.41) is 3.19. The van der Waals surface area contributed by atoms with Crippen LogP contribution in [0.25, 0.3) is 11.0 Å². The van der Waals surface area contributed by atoms with Crippen LogP contribution in [0.1, 0.15) is 16.7 Å². The second kappa shape index (κ2) is 8.72. The molecule has 1 amide bonds. The Morgan fingerprint density at radius 2 is 1.86 bits per heavy atom. The number of carbonyl (C=O) groups excluding carboxylic acids is 2. The monoisotopic (exact) mass is 403 g/mol. The highest BCUT2D eigenvalue weighted by atomic mass is 19.3. The van der Waals surface area contributed by atoms with Crippen molar-refractivity contribution in [1.82, 2.24) is 0 Å². The highest BCUT2D eigenvalue weighted by Gasteiger charge is 2.15. The molecule has 0 saturated carbocycles. The first-order valence-electron chi connectivity index (χ1n) is 8.80.